The second-order valence-electron chi connectivity index (χ2n) is 3.90. The Hall–Kier alpha value is -1.40. The van der Waals surface area contributed by atoms with Gasteiger partial charge in [-0.1, -0.05) is 21.1 Å². The van der Waals surface area contributed by atoms with E-state index in [2.05, 4.69) is 31.6 Å². The van der Waals surface area contributed by atoms with E-state index in [1.165, 1.54) is 0 Å². The monoisotopic (exact) mass is 310 g/mol. The van der Waals surface area contributed by atoms with Gasteiger partial charge in [-0.2, -0.15) is 0 Å². The topological polar surface area (TPSA) is 52.0 Å². The molecule has 96 valence electrons. The van der Waals surface area contributed by atoms with E-state index in [1.54, 1.807) is 7.11 Å². The quantitative estimate of drug-likeness (QED) is 0.915. The average molecular weight is 311 g/mol. The molecule has 1 heterocycles. The van der Waals surface area contributed by atoms with E-state index in [0.717, 1.165) is 28.0 Å². The third kappa shape index (κ3) is 3.08. The summed E-state index contributed by atoms with van der Waals surface area (Å²) in [6, 6.07) is 5.88. The third-order valence-corrected chi connectivity index (χ3v) is 3.30. The Balaban J connectivity index is 2.16. The third-order valence-electron chi connectivity index (χ3n) is 2.53. The van der Waals surface area contributed by atoms with Gasteiger partial charge in [0, 0.05) is 11.0 Å². The minimum Gasteiger partial charge on any atom is -0.497 e. The lowest BCUT2D eigenvalue weighted by atomic mass is 10.2. The molecular weight excluding hydrogens is 296 g/mol. The summed E-state index contributed by atoms with van der Waals surface area (Å²) >= 11 is 3.53. The van der Waals surface area contributed by atoms with Gasteiger partial charge in [-0.05, 0) is 30.8 Å². The zero-order chi connectivity index (χ0) is 13.0. The molecule has 0 atom stereocenters. The fourth-order valence-corrected chi connectivity index (χ4v) is 2.02. The van der Waals surface area contributed by atoms with Crippen molar-refractivity contribution in [3.8, 4) is 5.75 Å². The Bertz CT molecular complexity index is 527. The highest BCUT2D eigenvalue weighted by atomic mass is 79.9. The zero-order valence-electron chi connectivity index (χ0n) is 10.4. The summed E-state index contributed by atoms with van der Waals surface area (Å²) in [5.74, 6) is 0.837. The molecule has 0 radical (unpaired) electrons. The largest absolute Gasteiger partial charge is 0.497 e. The molecule has 0 bridgehead atoms. The van der Waals surface area contributed by atoms with Crippen LogP contribution >= 0.6 is 15.9 Å². The Morgan fingerprint density at radius 2 is 2.28 bits per heavy atom. The molecule has 0 amide bonds. The minimum atomic E-state index is 0.661. The summed E-state index contributed by atoms with van der Waals surface area (Å²) in [5, 5.41) is 11.2. The predicted molar refractivity (Wildman–Crippen MR) is 72.6 cm³/mol. The number of methoxy groups -OCH3 is 1. The normalized spacial score (nSPS) is 10.6. The minimum absolute atomic E-state index is 0.661. The predicted octanol–water partition coefficient (Wildman–Crippen LogP) is 1.82. The van der Waals surface area contributed by atoms with Crippen LogP contribution in [0.1, 0.15) is 11.3 Å². The number of benzene rings is 1. The molecular formula is C12H15BrN4O. The first kappa shape index (κ1) is 13.0. The van der Waals surface area contributed by atoms with E-state index < -0.39 is 0 Å². The Kier molecular flexibility index (Phi) is 4.33. The molecule has 0 fully saturated rings. The second-order valence-corrected chi connectivity index (χ2v) is 4.75. The first-order valence-corrected chi connectivity index (χ1v) is 6.38. The van der Waals surface area contributed by atoms with Crippen LogP contribution in [0.4, 0.5) is 0 Å². The second kappa shape index (κ2) is 5.97. The van der Waals surface area contributed by atoms with Gasteiger partial charge < -0.3 is 10.1 Å². The van der Waals surface area contributed by atoms with E-state index in [0.29, 0.717) is 6.54 Å². The summed E-state index contributed by atoms with van der Waals surface area (Å²) in [7, 11) is 3.55. The van der Waals surface area contributed by atoms with E-state index in [1.807, 2.05) is 36.1 Å². The van der Waals surface area contributed by atoms with Crippen LogP contribution < -0.4 is 10.1 Å². The zero-order valence-corrected chi connectivity index (χ0v) is 11.9. The van der Waals surface area contributed by atoms with Gasteiger partial charge in [0.2, 0.25) is 0 Å². The van der Waals surface area contributed by atoms with Crippen LogP contribution in [0.25, 0.3) is 0 Å². The molecule has 1 aromatic carbocycles. The maximum Gasteiger partial charge on any atom is 0.119 e. The molecule has 2 aromatic rings. The van der Waals surface area contributed by atoms with Crippen molar-refractivity contribution in [1.82, 2.24) is 20.3 Å². The standard InChI is InChI=1S/C12H15BrN4O/c1-14-6-10-8-17(16-15-10)7-9-5-11(18-2)3-4-12(9)13/h3-5,8,14H,6-7H2,1-2H3. The van der Waals surface area contributed by atoms with E-state index in [9.17, 15) is 0 Å². The van der Waals surface area contributed by atoms with Crippen molar-refractivity contribution in [3.63, 3.8) is 0 Å². The molecule has 0 saturated carbocycles. The van der Waals surface area contributed by atoms with Crippen molar-refractivity contribution in [2.24, 2.45) is 0 Å². The van der Waals surface area contributed by atoms with E-state index >= 15 is 0 Å². The number of rotatable bonds is 5. The van der Waals surface area contributed by atoms with Crippen molar-refractivity contribution < 1.29 is 4.74 Å². The smallest absolute Gasteiger partial charge is 0.119 e. The summed E-state index contributed by atoms with van der Waals surface area (Å²) < 4.78 is 8.06. The van der Waals surface area contributed by atoms with Crippen molar-refractivity contribution in [2.75, 3.05) is 14.2 Å². The van der Waals surface area contributed by atoms with Gasteiger partial charge in [0.15, 0.2) is 0 Å². The van der Waals surface area contributed by atoms with Crippen molar-refractivity contribution >= 4 is 15.9 Å². The summed E-state index contributed by atoms with van der Waals surface area (Å²) in [5.41, 5.74) is 2.03. The summed E-state index contributed by atoms with van der Waals surface area (Å²) in [6.45, 7) is 1.38. The molecule has 0 aliphatic carbocycles. The highest BCUT2D eigenvalue weighted by Gasteiger charge is 2.05. The lowest BCUT2D eigenvalue weighted by molar-refractivity contribution is 0.414. The number of ether oxygens (including phenoxy) is 1. The van der Waals surface area contributed by atoms with E-state index in [-0.39, 0.29) is 0 Å². The summed E-state index contributed by atoms with van der Waals surface area (Å²) in [4.78, 5) is 0. The SMILES string of the molecule is CNCc1cn(Cc2cc(OC)ccc2Br)nn1. The van der Waals surface area contributed by atoms with E-state index in [4.69, 9.17) is 4.74 Å². The van der Waals surface area contributed by atoms with Gasteiger partial charge in [-0.25, -0.2) is 4.68 Å². The van der Waals surface area contributed by atoms with Gasteiger partial charge in [0.05, 0.1) is 25.5 Å². The van der Waals surface area contributed by atoms with Crippen LogP contribution in [0.5, 0.6) is 5.75 Å². The maximum absolute atomic E-state index is 5.22. The molecule has 0 saturated heterocycles. The van der Waals surface area contributed by atoms with Gasteiger partial charge in [-0.15, -0.1) is 5.10 Å². The number of nitrogens with one attached hydrogen (secondary N) is 1. The molecule has 0 aliphatic rings. The molecule has 1 N–H and O–H groups in total. The van der Waals surface area contributed by atoms with Crippen LogP contribution in [0.2, 0.25) is 0 Å². The van der Waals surface area contributed by atoms with Gasteiger partial charge in [0.1, 0.15) is 5.75 Å². The molecule has 5 nitrogen and oxygen atoms in total. The fraction of sp³-hybridized carbons (Fsp3) is 0.333. The average Bonchev–Trinajstić information content (AvgIpc) is 2.80. The lowest BCUT2D eigenvalue weighted by Crippen LogP contribution is -2.05. The number of nitrogens with zero attached hydrogens (tertiary/aromatic N) is 3. The number of halogens is 1. The van der Waals surface area contributed by atoms with Crippen LogP contribution in [-0.4, -0.2) is 29.2 Å². The first-order chi connectivity index (χ1) is 8.72. The highest BCUT2D eigenvalue weighted by molar-refractivity contribution is 9.10. The molecule has 2 rings (SSSR count). The molecule has 18 heavy (non-hydrogen) atoms. The molecule has 1 aromatic heterocycles. The lowest BCUT2D eigenvalue weighted by Gasteiger charge is -2.06. The van der Waals surface area contributed by atoms with Crippen molar-refractivity contribution in [1.29, 1.82) is 0 Å². The number of hydrogen-bond acceptors (Lipinski definition) is 4. The Morgan fingerprint density at radius 3 is 3.00 bits per heavy atom. The highest BCUT2D eigenvalue weighted by Crippen LogP contribution is 2.23. The Labute approximate surface area is 114 Å². The maximum atomic E-state index is 5.22. The first-order valence-electron chi connectivity index (χ1n) is 5.59. The molecule has 6 heteroatoms. The van der Waals surface area contributed by atoms with Gasteiger partial charge in [0.25, 0.3) is 0 Å². The van der Waals surface area contributed by atoms with Crippen molar-refractivity contribution in [3.05, 3.63) is 40.1 Å². The van der Waals surface area contributed by atoms with Crippen molar-refractivity contribution in [2.45, 2.75) is 13.1 Å². The van der Waals surface area contributed by atoms with Crippen LogP contribution in [-0.2, 0) is 13.1 Å². The molecule has 0 spiro atoms. The molecule has 0 aliphatic heterocycles. The number of hydrogen-bond donors (Lipinski definition) is 1. The number of aromatic nitrogens is 3. The summed E-state index contributed by atoms with van der Waals surface area (Å²) in [6.07, 6.45) is 1.93. The van der Waals surface area contributed by atoms with Crippen LogP contribution in [0, 0.1) is 0 Å². The van der Waals surface area contributed by atoms with Gasteiger partial charge in [-0.3, -0.25) is 0 Å². The fourth-order valence-electron chi connectivity index (χ4n) is 1.65. The molecule has 0 unspecified atom stereocenters. The van der Waals surface area contributed by atoms with Gasteiger partial charge >= 0.3 is 0 Å². The Morgan fingerprint density at radius 1 is 1.44 bits per heavy atom. The van der Waals surface area contributed by atoms with Crippen LogP contribution in [0.15, 0.2) is 28.9 Å². The van der Waals surface area contributed by atoms with Crippen LogP contribution in [0.3, 0.4) is 0 Å².